The zero-order valence-electron chi connectivity index (χ0n) is 15.8. The van der Waals surface area contributed by atoms with Crippen LogP contribution in [0.3, 0.4) is 0 Å². The number of anilines is 1. The van der Waals surface area contributed by atoms with E-state index >= 15 is 0 Å². The summed E-state index contributed by atoms with van der Waals surface area (Å²) in [6.45, 7) is 1.80. The summed E-state index contributed by atoms with van der Waals surface area (Å²) in [7, 11) is 0. The van der Waals surface area contributed by atoms with Gasteiger partial charge in [-0.2, -0.15) is 18.4 Å². The molecule has 150 valence electrons. The van der Waals surface area contributed by atoms with Crippen LogP contribution in [0.2, 0.25) is 0 Å². The first-order valence-electron chi connectivity index (χ1n) is 8.97. The van der Waals surface area contributed by atoms with E-state index in [1.807, 2.05) is 19.1 Å². The fourth-order valence-electron chi connectivity index (χ4n) is 3.20. The fourth-order valence-corrected chi connectivity index (χ4v) is 3.20. The maximum Gasteiger partial charge on any atom is 0.416 e. The van der Waals surface area contributed by atoms with E-state index in [0.29, 0.717) is 11.4 Å². The van der Waals surface area contributed by atoms with Crippen molar-refractivity contribution >= 4 is 11.6 Å². The number of fused-ring (bicyclic) bond motifs is 1. The van der Waals surface area contributed by atoms with E-state index < -0.39 is 11.7 Å². The molecule has 0 saturated carbocycles. The smallest absolute Gasteiger partial charge is 0.350 e. The number of aromatic nitrogens is 4. The molecule has 4 aromatic rings. The van der Waals surface area contributed by atoms with Gasteiger partial charge in [0.2, 0.25) is 5.95 Å². The lowest BCUT2D eigenvalue weighted by molar-refractivity contribution is -0.138. The van der Waals surface area contributed by atoms with Crippen LogP contribution in [0, 0.1) is 18.3 Å². The molecule has 30 heavy (non-hydrogen) atoms. The van der Waals surface area contributed by atoms with Gasteiger partial charge in [0.1, 0.15) is 17.4 Å². The molecule has 0 bridgehead atoms. The van der Waals surface area contributed by atoms with Gasteiger partial charge in [-0.1, -0.05) is 24.3 Å². The largest absolute Gasteiger partial charge is 0.416 e. The number of benzene rings is 1. The summed E-state index contributed by atoms with van der Waals surface area (Å²) in [6.07, 6.45) is 0.299. The van der Waals surface area contributed by atoms with E-state index in [0.717, 1.165) is 17.3 Å². The van der Waals surface area contributed by atoms with Crippen LogP contribution < -0.4 is 5.32 Å². The molecule has 4 rings (SSSR count). The number of imidazole rings is 1. The molecule has 6 nitrogen and oxygen atoms in total. The Hall–Kier alpha value is -3.93. The molecule has 3 aromatic heterocycles. The minimum Gasteiger partial charge on any atom is -0.350 e. The van der Waals surface area contributed by atoms with E-state index in [2.05, 4.69) is 26.3 Å². The predicted molar refractivity (Wildman–Crippen MR) is 104 cm³/mol. The molecule has 1 aromatic carbocycles. The highest BCUT2D eigenvalue weighted by atomic mass is 19.4. The van der Waals surface area contributed by atoms with Gasteiger partial charge in [0, 0.05) is 12.7 Å². The first kappa shape index (κ1) is 19.4. The second kappa shape index (κ2) is 7.48. The Bertz CT molecular complexity index is 1270. The van der Waals surface area contributed by atoms with Crippen LogP contribution in [0.4, 0.5) is 19.1 Å². The van der Waals surface area contributed by atoms with Crippen molar-refractivity contribution in [1.29, 1.82) is 5.26 Å². The molecular formula is C21H15F3N6. The number of aryl methyl sites for hydroxylation is 1. The lowest BCUT2D eigenvalue weighted by Crippen LogP contribution is -2.13. The number of alkyl halides is 3. The van der Waals surface area contributed by atoms with Crippen LogP contribution in [0.25, 0.3) is 17.0 Å². The molecule has 0 spiro atoms. The zero-order valence-corrected chi connectivity index (χ0v) is 15.8. The number of halogens is 3. The standard InChI is InChI=1S/C21H15F3N6/c1-13-5-4-8-30-17(12-26-19(13)30)18-15(9-25)11-28-20(29-18)27-10-14-6-2-3-7-16(14)21(22,23)24/h2-8,11-12H,10H2,1H3,(H,27,28,29). The Kier molecular flexibility index (Phi) is 4.83. The van der Waals surface area contributed by atoms with Gasteiger partial charge >= 0.3 is 6.18 Å². The Morgan fingerprint density at radius 2 is 1.90 bits per heavy atom. The van der Waals surface area contributed by atoms with Gasteiger partial charge in [0.05, 0.1) is 29.2 Å². The third-order valence-electron chi connectivity index (χ3n) is 4.64. The van der Waals surface area contributed by atoms with Crippen LogP contribution in [-0.2, 0) is 12.7 Å². The summed E-state index contributed by atoms with van der Waals surface area (Å²) in [6, 6.07) is 11.1. The van der Waals surface area contributed by atoms with E-state index in [9.17, 15) is 18.4 Å². The van der Waals surface area contributed by atoms with E-state index in [4.69, 9.17) is 0 Å². The van der Waals surface area contributed by atoms with Gasteiger partial charge in [-0.3, -0.25) is 4.40 Å². The zero-order chi connectivity index (χ0) is 21.3. The van der Waals surface area contributed by atoms with Crippen molar-refractivity contribution in [3.8, 4) is 17.5 Å². The average molecular weight is 408 g/mol. The van der Waals surface area contributed by atoms with Crippen molar-refractivity contribution < 1.29 is 13.2 Å². The van der Waals surface area contributed by atoms with Gasteiger partial charge in [0.25, 0.3) is 0 Å². The molecule has 1 N–H and O–H groups in total. The Labute approximate surface area is 169 Å². The fraction of sp³-hybridized carbons (Fsp3) is 0.143. The van der Waals surface area contributed by atoms with E-state index in [1.165, 1.54) is 24.4 Å². The molecule has 0 aliphatic rings. The van der Waals surface area contributed by atoms with Crippen LogP contribution in [-0.4, -0.2) is 19.4 Å². The Balaban J connectivity index is 1.70. The minimum atomic E-state index is -4.46. The average Bonchev–Trinajstić information content (AvgIpc) is 3.17. The topological polar surface area (TPSA) is 78.9 Å². The molecule has 3 heterocycles. The SMILES string of the molecule is Cc1cccn2c(-c3nc(NCc4ccccc4C(F)(F)F)ncc3C#N)cnc12. The molecule has 0 radical (unpaired) electrons. The van der Waals surface area contributed by atoms with Gasteiger partial charge in [-0.15, -0.1) is 0 Å². The number of nitrogens with one attached hydrogen (secondary N) is 1. The van der Waals surface area contributed by atoms with Crippen molar-refractivity contribution in [2.75, 3.05) is 5.32 Å². The second-order valence-corrected chi connectivity index (χ2v) is 6.60. The maximum absolute atomic E-state index is 13.2. The van der Waals surface area contributed by atoms with Gasteiger partial charge < -0.3 is 5.32 Å². The summed E-state index contributed by atoms with van der Waals surface area (Å²) in [4.78, 5) is 12.8. The number of pyridine rings is 1. The van der Waals surface area contributed by atoms with Crippen LogP contribution >= 0.6 is 0 Å². The summed E-state index contributed by atoms with van der Waals surface area (Å²) < 4.78 is 41.4. The van der Waals surface area contributed by atoms with Crippen molar-refractivity contribution in [3.63, 3.8) is 0 Å². The molecular weight excluding hydrogens is 393 g/mol. The molecule has 0 aliphatic carbocycles. The summed E-state index contributed by atoms with van der Waals surface area (Å²) >= 11 is 0. The molecule has 0 saturated heterocycles. The van der Waals surface area contributed by atoms with Crippen molar-refractivity contribution in [2.45, 2.75) is 19.6 Å². The monoisotopic (exact) mass is 408 g/mol. The highest BCUT2D eigenvalue weighted by Gasteiger charge is 2.32. The normalized spacial score (nSPS) is 11.4. The molecule has 0 amide bonds. The highest BCUT2D eigenvalue weighted by Crippen LogP contribution is 2.32. The molecule has 0 fully saturated rings. The number of nitrogens with zero attached hydrogens (tertiary/aromatic N) is 5. The summed E-state index contributed by atoms with van der Waals surface area (Å²) in [5.74, 6) is 0.114. The second-order valence-electron chi connectivity index (χ2n) is 6.60. The summed E-state index contributed by atoms with van der Waals surface area (Å²) in [5.41, 5.74) is 2.21. The van der Waals surface area contributed by atoms with Crippen molar-refractivity contribution in [2.24, 2.45) is 0 Å². The first-order chi connectivity index (χ1) is 14.4. The van der Waals surface area contributed by atoms with Gasteiger partial charge in [-0.05, 0) is 30.2 Å². The molecule has 9 heteroatoms. The third-order valence-corrected chi connectivity index (χ3v) is 4.64. The molecule has 0 unspecified atom stereocenters. The van der Waals surface area contributed by atoms with E-state index in [-0.39, 0.29) is 23.6 Å². The summed E-state index contributed by atoms with van der Waals surface area (Å²) in [5, 5.41) is 12.3. The predicted octanol–water partition coefficient (Wildman–Crippen LogP) is 4.60. The number of hydrogen-bond donors (Lipinski definition) is 1. The minimum absolute atomic E-state index is 0.0740. The Morgan fingerprint density at radius 1 is 1.10 bits per heavy atom. The third kappa shape index (κ3) is 3.55. The van der Waals surface area contributed by atoms with Crippen LogP contribution in [0.1, 0.15) is 22.3 Å². The highest BCUT2D eigenvalue weighted by molar-refractivity contribution is 5.68. The first-order valence-corrected chi connectivity index (χ1v) is 8.97. The number of rotatable bonds is 4. The maximum atomic E-state index is 13.2. The Morgan fingerprint density at radius 3 is 2.67 bits per heavy atom. The lowest BCUT2D eigenvalue weighted by atomic mass is 10.1. The quantitative estimate of drug-likeness (QED) is 0.534. The number of hydrogen-bond acceptors (Lipinski definition) is 5. The van der Waals surface area contributed by atoms with Gasteiger partial charge in [0.15, 0.2) is 0 Å². The van der Waals surface area contributed by atoms with Crippen molar-refractivity contribution in [1.82, 2.24) is 19.4 Å². The molecule has 0 aliphatic heterocycles. The van der Waals surface area contributed by atoms with Crippen LogP contribution in [0.5, 0.6) is 0 Å². The number of nitriles is 1. The van der Waals surface area contributed by atoms with Gasteiger partial charge in [-0.25, -0.2) is 15.0 Å². The van der Waals surface area contributed by atoms with Crippen molar-refractivity contribution in [3.05, 3.63) is 77.2 Å². The lowest BCUT2D eigenvalue weighted by Gasteiger charge is -2.13. The van der Waals surface area contributed by atoms with Crippen LogP contribution in [0.15, 0.2) is 55.0 Å². The molecule has 0 atom stereocenters. The van der Waals surface area contributed by atoms with E-state index in [1.54, 1.807) is 16.8 Å².